The molecule has 19 nitrogen and oxygen atoms in total. The van der Waals surface area contributed by atoms with E-state index in [1.807, 2.05) is 326 Å². The van der Waals surface area contributed by atoms with Crippen molar-refractivity contribution >= 4 is 72.4 Å². The van der Waals surface area contributed by atoms with Crippen molar-refractivity contribution in [3.05, 3.63) is 308 Å². The van der Waals surface area contributed by atoms with E-state index in [0.29, 0.717) is 76.5 Å². The van der Waals surface area contributed by atoms with Crippen LogP contribution >= 0.6 is 35.7 Å². The van der Waals surface area contributed by atoms with Crippen LogP contribution in [0.4, 0.5) is 13.2 Å². The van der Waals surface area contributed by atoms with Crippen LogP contribution in [0.5, 0.6) is 69.0 Å². The van der Waals surface area contributed by atoms with Crippen molar-refractivity contribution in [1.29, 1.82) is 0 Å². The van der Waals surface area contributed by atoms with E-state index in [4.69, 9.17) is 47.4 Å². The van der Waals surface area contributed by atoms with Gasteiger partial charge < -0.3 is 79.5 Å². The summed E-state index contributed by atoms with van der Waals surface area (Å²) in [5.74, 6) is 5.67. The summed E-state index contributed by atoms with van der Waals surface area (Å²) >= 11 is 0. The number of hydrogen-bond donors (Lipinski definition) is 1. The number of halogens is 3. The van der Waals surface area contributed by atoms with E-state index in [2.05, 4.69) is 4.18 Å². The van der Waals surface area contributed by atoms with Gasteiger partial charge in [0.25, 0.3) is 0 Å². The van der Waals surface area contributed by atoms with Gasteiger partial charge in [-0.15, -0.1) is 0 Å². The first kappa shape index (κ1) is 101. The average molecular weight is 1970 g/mol. The Morgan fingerprint density at radius 3 is 0.737 bits per heavy atom. The number of ether oxygens (including phenoxy) is 10. The zero-order valence-corrected chi connectivity index (χ0v) is 85.2. The smallest absolute Gasteiger partial charge is 0.507 e. The van der Waals surface area contributed by atoms with Crippen LogP contribution in [-0.4, -0.2) is 90.8 Å². The van der Waals surface area contributed by atoms with Crippen molar-refractivity contribution in [2.24, 2.45) is 0 Å². The van der Waals surface area contributed by atoms with E-state index in [0.717, 1.165) is 94.7 Å². The molecule has 5 aliphatic rings. The van der Waals surface area contributed by atoms with Gasteiger partial charge in [0.2, 0.25) is 0 Å². The Balaban J connectivity index is 0.000000137. The van der Waals surface area contributed by atoms with E-state index in [1.165, 1.54) is 6.07 Å². The molecule has 5 aliphatic heterocycles. The number of methoxy groups -OCH3 is 2. The fourth-order valence-corrected chi connectivity index (χ4v) is 29.3. The second-order valence-electron chi connectivity index (χ2n) is 38.7. The Kier molecular flexibility index (Phi) is 29.6. The molecule has 0 amide bonds. The third-order valence-electron chi connectivity index (χ3n) is 24.9. The molecule has 718 valence electrons. The van der Waals surface area contributed by atoms with Crippen molar-refractivity contribution in [3.63, 3.8) is 0 Å². The predicted octanol–water partition coefficient (Wildman–Crippen LogP) is 27.1. The quantitative estimate of drug-likeness (QED) is 0.0477. The molecule has 0 aliphatic carbocycles. The summed E-state index contributed by atoms with van der Waals surface area (Å²) in [6.07, 6.45) is 0.514. The third-order valence-corrected chi connectivity index (χ3v) is 44.9. The Morgan fingerprint density at radius 2 is 0.496 bits per heavy atom. The maximum absolute atomic E-state index is 14.1. The second-order valence-corrected chi connectivity index (χ2v) is 57.9. The number of aromatic hydroxyl groups is 1. The van der Waals surface area contributed by atoms with Crippen LogP contribution in [0, 0.1) is 0 Å². The highest BCUT2D eigenvalue weighted by atomic mass is 32.2. The summed E-state index contributed by atoms with van der Waals surface area (Å²) in [5, 5.41) is 10.2. The van der Waals surface area contributed by atoms with Gasteiger partial charge in [-0.05, 0) is 129 Å². The minimum atomic E-state index is -5.92. The molecular formula is C109H116F3O19P5S. The minimum absolute atomic E-state index is 0.0699. The summed E-state index contributed by atoms with van der Waals surface area (Å²) in [6.45, 7) is 30.1. The molecule has 0 aromatic heterocycles. The summed E-state index contributed by atoms with van der Waals surface area (Å²) in [6, 6.07) is 92.0. The molecule has 137 heavy (non-hydrogen) atoms. The highest BCUT2D eigenvalue weighted by Gasteiger charge is 2.55. The van der Waals surface area contributed by atoms with Crippen LogP contribution in [0.25, 0.3) is 55.6 Å². The van der Waals surface area contributed by atoms with E-state index < -0.39 is 82.9 Å². The zero-order valence-electron chi connectivity index (χ0n) is 79.9. The van der Waals surface area contributed by atoms with Crippen molar-refractivity contribution in [2.75, 3.05) is 46.0 Å². The molecule has 0 unspecified atom stereocenters. The Bertz CT molecular complexity index is 6720. The molecule has 0 saturated heterocycles. The van der Waals surface area contributed by atoms with Crippen LogP contribution in [0.2, 0.25) is 0 Å². The van der Waals surface area contributed by atoms with E-state index in [1.54, 1.807) is 71.4 Å². The summed E-state index contributed by atoms with van der Waals surface area (Å²) in [5.41, 5.74) is 6.49. The number of fused-ring (bicyclic) bond motifs is 5. The number of alkyl halides is 3. The topological polar surface area (TPSA) is 241 Å². The molecule has 18 rings (SSSR count). The highest BCUT2D eigenvalue weighted by Crippen LogP contribution is 2.70. The SMILES string of the molecule is CC(C)(C)[P@@]1(=O)COc2c(-c3ccccc3)ccc(O)c21.CC(C)(C)[P@@]1(=O)COc2c(-c3ccccc3)ccc(OCc3ccccc3)c21.CC(C)(C)[P@@]1(=O)COc2c(-c3ccccc3)ccc(OS(=O)(=O)C(F)(F)F)c21.COc1ccc(-c2ccc(OCc3ccccc3)c3c2OC[P@]3(=O)C(C)(C)C)cc1.COc1ccc(-c2ccc(OCc3ccccc3)c3c2OC[P@]3(=O)C(C)(C)C)cc1. The molecule has 5 heterocycles. The molecule has 1 N–H and O–H groups in total. The van der Waals surface area contributed by atoms with Crippen molar-refractivity contribution in [2.45, 2.75) is 155 Å². The second kappa shape index (κ2) is 40.1. The van der Waals surface area contributed by atoms with Crippen molar-refractivity contribution < 1.29 is 101 Å². The normalized spacial score (nSPS) is 18.8. The fraction of sp³-hybridized carbons (Fsp3) is 0.284. The maximum Gasteiger partial charge on any atom is 0.534 e. The molecule has 0 fully saturated rings. The van der Waals surface area contributed by atoms with Gasteiger partial charge >= 0.3 is 15.6 Å². The lowest BCUT2D eigenvalue weighted by molar-refractivity contribution is -0.0499. The molecular weight excluding hydrogens is 1860 g/mol. The maximum atomic E-state index is 14.1. The van der Waals surface area contributed by atoms with Crippen LogP contribution in [0.1, 0.15) is 121 Å². The number of rotatable bonds is 18. The van der Waals surface area contributed by atoms with Crippen LogP contribution in [0.3, 0.4) is 0 Å². The molecule has 13 aromatic rings. The molecule has 28 heteroatoms. The van der Waals surface area contributed by atoms with Crippen molar-refractivity contribution in [3.8, 4) is 125 Å². The summed E-state index contributed by atoms with van der Waals surface area (Å²) < 4.78 is 194. The molecule has 0 radical (unpaired) electrons. The third kappa shape index (κ3) is 20.8. The Labute approximate surface area is 801 Å². The van der Waals surface area contributed by atoms with E-state index in [-0.39, 0.29) is 48.5 Å². The highest BCUT2D eigenvalue weighted by molar-refractivity contribution is 7.88. The standard InChI is InChI=1S/2C25H27O4P.C24H25O3P.C18H18F3O5PS.C17H19O3P/c2*1-25(2,3)30(26)17-29-23-21(19-10-12-20(27-4)13-11-19)14-15-22(24(23)30)28-16-18-8-6-5-7-9-18;1-24(2,3)28(25)17-27-22-20(19-12-8-5-9-13-19)14-15-21(23(22)28)26-16-18-10-6-4-7-11-18;1-17(2,3)27(22)11-25-15-13(12-7-5-4-6-8-12)9-10-14(16(15)27)26-28(23,24)18(19,20)21;1-17(2,3)21(19)11-20-15-13(9-10-14(18)16(15)21)12-7-5-4-6-8-12/h2*5-15H,16-17H2,1-4H3;4-15H,16-17H2,1-3H3;4-10H,11H2,1-3H3;4-10,18H,11H2,1-3H3/t2*30-;28-;27-;21-/m11111/s1. The molecule has 5 atom stereocenters. The van der Waals surface area contributed by atoms with E-state index in [9.17, 15) is 49.5 Å². The van der Waals surface area contributed by atoms with Gasteiger partial charge in [0.15, 0.2) is 41.5 Å². The monoisotopic (exact) mass is 1970 g/mol. The molecule has 0 saturated carbocycles. The van der Waals surface area contributed by atoms with Crippen LogP contribution in [-0.2, 0) is 52.8 Å². The molecule has 13 aromatic carbocycles. The first-order valence-corrected chi connectivity index (χ1v) is 55.7. The van der Waals surface area contributed by atoms with Gasteiger partial charge in [-0.1, -0.05) is 310 Å². The fourth-order valence-electron chi connectivity index (χ4n) is 16.3. The van der Waals surface area contributed by atoms with Crippen LogP contribution in [0.15, 0.2) is 291 Å². The zero-order chi connectivity index (χ0) is 98.7. The van der Waals surface area contributed by atoms with Gasteiger partial charge in [0.05, 0.1) is 35.4 Å². The average Bonchev–Trinajstić information content (AvgIpc) is 1.60. The lowest BCUT2D eigenvalue weighted by atomic mass is 10.0. The molecule has 0 bridgehead atoms. The lowest BCUT2D eigenvalue weighted by Crippen LogP contribution is -2.30. The first-order chi connectivity index (χ1) is 64.7. The van der Waals surface area contributed by atoms with Gasteiger partial charge in [-0.25, -0.2) is 0 Å². The Morgan fingerprint density at radius 1 is 0.285 bits per heavy atom. The Hall–Kier alpha value is -11.7. The summed E-state index contributed by atoms with van der Waals surface area (Å²) in [4.78, 5) is 0. The van der Waals surface area contributed by atoms with Crippen molar-refractivity contribution in [1.82, 2.24) is 0 Å². The first-order valence-electron chi connectivity index (χ1n) is 44.8. The lowest BCUT2D eigenvalue weighted by Gasteiger charge is -2.27. The number of hydrogen-bond acceptors (Lipinski definition) is 19. The number of phenols is 1. The van der Waals surface area contributed by atoms with E-state index >= 15 is 0 Å². The predicted molar refractivity (Wildman–Crippen MR) is 545 cm³/mol. The van der Waals surface area contributed by atoms with Gasteiger partial charge in [0, 0.05) is 53.6 Å². The molecule has 0 spiro atoms. The van der Waals surface area contributed by atoms with Crippen LogP contribution < -0.4 is 78.1 Å². The number of benzene rings is 13. The number of phenolic OH excluding ortho intramolecular Hbond substituents is 1. The van der Waals surface area contributed by atoms with Gasteiger partial charge in [-0.3, -0.25) is 0 Å². The van der Waals surface area contributed by atoms with Gasteiger partial charge in [0.1, 0.15) is 120 Å². The minimum Gasteiger partial charge on any atom is -0.507 e. The van der Waals surface area contributed by atoms with Gasteiger partial charge in [-0.2, -0.15) is 21.6 Å². The summed E-state index contributed by atoms with van der Waals surface area (Å²) in [7, 11) is -17.3. The largest absolute Gasteiger partial charge is 0.534 e.